The first-order chi connectivity index (χ1) is 18.4. The molecule has 0 saturated carbocycles. The second kappa shape index (κ2) is 12.4. The van der Waals surface area contributed by atoms with Crippen molar-refractivity contribution in [3.05, 3.63) is 68.2 Å². The largest absolute Gasteiger partial charge is 0.490 e. The SMILES string of the molecule is NCC(Cn1ncn(Cc2ccc(/C=C/c3cnc4c(c3)NC(=O)CO4)s2)c1=O)=C(F)F.O=C(O)C(F)(F)F. The molecular weight excluding hydrogens is 555 g/mol. The van der Waals surface area contributed by atoms with Gasteiger partial charge in [-0.15, -0.1) is 11.3 Å². The number of carbonyl (C=O) groups is 2. The van der Waals surface area contributed by atoms with Crippen molar-refractivity contribution in [3.8, 4) is 5.88 Å². The molecule has 11 nitrogen and oxygen atoms in total. The number of rotatable bonds is 7. The summed E-state index contributed by atoms with van der Waals surface area (Å²) in [5, 5.41) is 13.7. The van der Waals surface area contributed by atoms with Gasteiger partial charge in [0, 0.05) is 28.1 Å². The summed E-state index contributed by atoms with van der Waals surface area (Å²) < 4.78 is 64.9. The van der Waals surface area contributed by atoms with Gasteiger partial charge < -0.3 is 20.9 Å². The minimum absolute atomic E-state index is 0.0488. The summed E-state index contributed by atoms with van der Waals surface area (Å²) in [7, 11) is 0. The number of aromatic nitrogens is 4. The third-order valence-electron chi connectivity index (χ3n) is 4.83. The molecule has 4 rings (SSSR count). The Balaban J connectivity index is 0.000000532. The number of thiophene rings is 1. The Morgan fingerprint density at radius 1 is 1.26 bits per heavy atom. The average Bonchev–Trinajstić information content (AvgIpc) is 3.47. The quantitative estimate of drug-likeness (QED) is 0.364. The van der Waals surface area contributed by atoms with Crippen molar-refractivity contribution in [3.63, 3.8) is 0 Å². The molecule has 0 unspecified atom stereocenters. The van der Waals surface area contributed by atoms with Gasteiger partial charge in [0.1, 0.15) is 12.0 Å². The third-order valence-corrected chi connectivity index (χ3v) is 5.86. The molecule has 39 heavy (non-hydrogen) atoms. The number of hydrogen-bond acceptors (Lipinski definition) is 8. The van der Waals surface area contributed by atoms with Crippen LogP contribution in [-0.2, 0) is 22.7 Å². The predicted octanol–water partition coefficient (Wildman–Crippen LogP) is 2.79. The minimum atomic E-state index is -5.08. The summed E-state index contributed by atoms with van der Waals surface area (Å²) in [5.41, 5.74) is 5.77. The summed E-state index contributed by atoms with van der Waals surface area (Å²) in [6.45, 7) is -0.474. The molecule has 0 atom stereocenters. The fraction of sp³-hybridized carbons (Fsp3) is 0.227. The lowest BCUT2D eigenvalue weighted by molar-refractivity contribution is -0.192. The van der Waals surface area contributed by atoms with Crippen molar-refractivity contribution in [2.24, 2.45) is 5.73 Å². The fourth-order valence-electron chi connectivity index (χ4n) is 2.97. The molecular formula is C22H19F5N6O5S. The molecule has 1 aliphatic heterocycles. The van der Waals surface area contributed by atoms with Gasteiger partial charge in [0.15, 0.2) is 6.61 Å². The Hall–Kier alpha value is -4.38. The summed E-state index contributed by atoms with van der Waals surface area (Å²) in [6, 6.07) is 5.54. The fourth-order valence-corrected chi connectivity index (χ4v) is 3.89. The van der Waals surface area contributed by atoms with Gasteiger partial charge in [-0.2, -0.15) is 27.1 Å². The maximum Gasteiger partial charge on any atom is 0.490 e. The Morgan fingerprint density at radius 2 is 1.97 bits per heavy atom. The molecule has 0 aliphatic carbocycles. The molecule has 0 saturated heterocycles. The van der Waals surface area contributed by atoms with E-state index < -0.39 is 23.9 Å². The van der Waals surface area contributed by atoms with E-state index in [2.05, 4.69) is 15.4 Å². The number of alkyl halides is 3. The van der Waals surface area contributed by atoms with Crippen LogP contribution >= 0.6 is 11.3 Å². The molecule has 0 bridgehead atoms. The first-order valence-corrected chi connectivity index (χ1v) is 11.5. The topological polar surface area (TPSA) is 154 Å². The molecule has 0 radical (unpaired) electrons. The van der Waals surface area contributed by atoms with E-state index in [-0.39, 0.29) is 37.7 Å². The van der Waals surface area contributed by atoms with Gasteiger partial charge in [0.2, 0.25) is 5.88 Å². The first-order valence-electron chi connectivity index (χ1n) is 10.7. The van der Waals surface area contributed by atoms with Gasteiger partial charge in [-0.1, -0.05) is 6.08 Å². The Morgan fingerprint density at radius 3 is 2.62 bits per heavy atom. The molecule has 0 spiro atoms. The lowest BCUT2D eigenvalue weighted by Gasteiger charge is -2.16. The highest BCUT2D eigenvalue weighted by molar-refractivity contribution is 7.12. The number of amides is 1. The van der Waals surface area contributed by atoms with E-state index in [1.165, 1.54) is 22.2 Å². The monoisotopic (exact) mass is 574 g/mol. The standard InChI is InChI=1S/C20H18F2N6O3S.C2HF3O2/c21-18(22)13(6-23)8-28-20(30)27(11-25-28)9-15-4-3-14(32-15)2-1-12-5-16-19(24-7-12)31-10-17(29)26-16;3-2(4,5)1(6)7/h1-5,7,11H,6,8-10,23H2,(H,26,29);(H,6,7)/b2-1+;. The molecule has 4 heterocycles. The Labute approximate surface area is 219 Å². The number of anilines is 1. The van der Waals surface area contributed by atoms with Crippen molar-refractivity contribution in [2.75, 3.05) is 18.5 Å². The van der Waals surface area contributed by atoms with Crippen LogP contribution < -0.4 is 21.5 Å². The van der Waals surface area contributed by atoms with Gasteiger partial charge in [-0.3, -0.25) is 9.36 Å². The number of halogens is 5. The van der Waals surface area contributed by atoms with Crippen LogP contribution in [0.15, 0.2) is 47.2 Å². The van der Waals surface area contributed by atoms with Crippen molar-refractivity contribution >= 4 is 41.1 Å². The van der Waals surface area contributed by atoms with Crippen LogP contribution in [0.3, 0.4) is 0 Å². The summed E-state index contributed by atoms with van der Waals surface area (Å²) in [6.07, 6.45) is -0.290. The van der Waals surface area contributed by atoms with Gasteiger partial charge in [-0.05, 0) is 29.8 Å². The highest BCUT2D eigenvalue weighted by Crippen LogP contribution is 2.27. The van der Waals surface area contributed by atoms with Crippen LogP contribution in [0.1, 0.15) is 15.3 Å². The molecule has 0 fully saturated rings. The summed E-state index contributed by atoms with van der Waals surface area (Å²) in [5.74, 6) is -2.60. The van der Waals surface area contributed by atoms with E-state index in [1.807, 2.05) is 24.3 Å². The zero-order valence-electron chi connectivity index (χ0n) is 19.6. The van der Waals surface area contributed by atoms with E-state index >= 15 is 0 Å². The molecule has 17 heteroatoms. The maximum atomic E-state index is 12.8. The van der Waals surface area contributed by atoms with Gasteiger partial charge in [-0.25, -0.2) is 19.3 Å². The van der Waals surface area contributed by atoms with Gasteiger partial charge >= 0.3 is 17.8 Å². The highest BCUT2D eigenvalue weighted by Gasteiger charge is 2.38. The summed E-state index contributed by atoms with van der Waals surface area (Å²) in [4.78, 5) is 38.8. The van der Waals surface area contributed by atoms with Crippen LogP contribution in [0.4, 0.5) is 27.6 Å². The van der Waals surface area contributed by atoms with Crippen LogP contribution in [-0.4, -0.2) is 55.6 Å². The number of nitrogens with zero attached hydrogens (tertiary/aromatic N) is 4. The van der Waals surface area contributed by atoms with Gasteiger partial charge in [0.05, 0.1) is 13.1 Å². The summed E-state index contributed by atoms with van der Waals surface area (Å²) >= 11 is 1.47. The van der Waals surface area contributed by atoms with E-state index in [1.54, 1.807) is 12.3 Å². The Bertz CT molecular complexity index is 1470. The zero-order valence-corrected chi connectivity index (χ0v) is 20.4. The lowest BCUT2D eigenvalue weighted by atomic mass is 10.2. The second-order valence-electron chi connectivity index (χ2n) is 7.67. The second-order valence-corrected chi connectivity index (χ2v) is 8.87. The Kier molecular flexibility index (Phi) is 9.31. The highest BCUT2D eigenvalue weighted by atomic mass is 32.1. The number of fused-ring (bicyclic) bond motifs is 1. The molecule has 3 aromatic rings. The molecule has 208 valence electrons. The molecule has 1 amide bonds. The van der Waals surface area contributed by atoms with Crippen LogP contribution in [0.2, 0.25) is 0 Å². The van der Waals surface area contributed by atoms with Crippen LogP contribution in [0, 0.1) is 0 Å². The normalized spacial score (nSPS) is 12.7. The number of pyridine rings is 1. The number of hydrogen-bond donors (Lipinski definition) is 3. The molecule has 0 aromatic carbocycles. The third kappa shape index (κ3) is 8.05. The number of aliphatic carboxylic acids is 1. The van der Waals surface area contributed by atoms with E-state index in [4.69, 9.17) is 20.4 Å². The lowest BCUT2D eigenvalue weighted by Crippen LogP contribution is -2.27. The average molecular weight is 574 g/mol. The number of carbonyl (C=O) groups excluding carboxylic acids is 1. The molecule has 1 aliphatic rings. The number of nitrogens with one attached hydrogen (secondary N) is 1. The predicted molar refractivity (Wildman–Crippen MR) is 129 cm³/mol. The molecule has 3 aromatic heterocycles. The van der Waals surface area contributed by atoms with Crippen molar-refractivity contribution in [1.29, 1.82) is 0 Å². The van der Waals surface area contributed by atoms with Crippen LogP contribution in [0.25, 0.3) is 12.2 Å². The number of nitrogens with two attached hydrogens (primary N) is 1. The van der Waals surface area contributed by atoms with Crippen molar-refractivity contribution in [2.45, 2.75) is 19.3 Å². The van der Waals surface area contributed by atoms with Crippen LogP contribution in [0.5, 0.6) is 5.88 Å². The number of carboxylic acids is 1. The van der Waals surface area contributed by atoms with Crippen molar-refractivity contribution < 1.29 is 41.4 Å². The van der Waals surface area contributed by atoms with Crippen molar-refractivity contribution in [1.82, 2.24) is 19.3 Å². The smallest absolute Gasteiger partial charge is 0.475 e. The molecule has 4 N–H and O–H groups in total. The number of ether oxygens (including phenoxy) is 1. The van der Waals surface area contributed by atoms with E-state index in [0.29, 0.717) is 11.6 Å². The van der Waals surface area contributed by atoms with Gasteiger partial charge in [0.25, 0.3) is 12.0 Å². The minimum Gasteiger partial charge on any atom is -0.475 e. The van der Waals surface area contributed by atoms with E-state index in [9.17, 15) is 31.5 Å². The van der Waals surface area contributed by atoms with E-state index in [0.717, 1.165) is 20.0 Å². The number of carboxylic acid groups (broad SMARTS) is 1. The maximum absolute atomic E-state index is 12.8. The first kappa shape index (κ1) is 29.2. The zero-order chi connectivity index (χ0) is 28.7.